The van der Waals surface area contributed by atoms with Gasteiger partial charge in [-0.25, -0.2) is 4.98 Å². The molecule has 4 nitrogen and oxygen atoms in total. The Bertz CT molecular complexity index is 845. The van der Waals surface area contributed by atoms with E-state index in [2.05, 4.69) is 34.3 Å². The molecule has 0 amide bonds. The lowest BCUT2D eigenvalue weighted by Crippen LogP contribution is -2.05. The van der Waals surface area contributed by atoms with Crippen LogP contribution in [0.4, 0.5) is 19.0 Å². The summed E-state index contributed by atoms with van der Waals surface area (Å²) in [5.74, 6) is 0.998. The maximum atomic E-state index is 12.2. The lowest BCUT2D eigenvalue weighted by atomic mass is 10.0. The highest BCUT2D eigenvalue weighted by atomic mass is 19.4. The minimum Gasteiger partial charge on any atom is -0.366 e. The highest BCUT2D eigenvalue weighted by molar-refractivity contribution is 5.68. The van der Waals surface area contributed by atoms with Crippen LogP contribution in [-0.4, -0.2) is 27.9 Å². The van der Waals surface area contributed by atoms with Crippen molar-refractivity contribution in [1.82, 2.24) is 15.2 Å². The second-order valence-electron chi connectivity index (χ2n) is 6.62. The summed E-state index contributed by atoms with van der Waals surface area (Å²) in [4.78, 5) is 4.32. The number of hydrogen-bond acceptors (Lipinski definition) is 3. The van der Waals surface area contributed by atoms with Crippen molar-refractivity contribution in [3.8, 4) is 11.1 Å². The molecule has 0 unspecified atom stereocenters. The van der Waals surface area contributed by atoms with E-state index in [1.807, 2.05) is 31.2 Å². The van der Waals surface area contributed by atoms with Crippen molar-refractivity contribution in [2.45, 2.75) is 39.3 Å². The molecule has 2 aromatic rings. The van der Waals surface area contributed by atoms with Crippen LogP contribution in [0.15, 0.2) is 60.5 Å². The SMILES string of the molecule is C\C=C/C(=C\C=C/CC(F)(F)F)CNc1cc(-c2cn[nH]c2C(C)C)ccn1. The third-order valence-electron chi connectivity index (χ3n) is 3.97. The van der Waals surface area contributed by atoms with Gasteiger partial charge < -0.3 is 5.32 Å². The quantitative estimate of drug-likeness (QED) is 0.542. The second-order valence-corrected chi connectivity index (χ2v) is 6.62. The van der Waals surface area contributed by atoms with Crippen molar-refractivity contribution < 1.29 is 13.2 Å². The van der Waals surface area contributed by atoms with Crippen molar-refractivity contribution in [3.63, 3.8) is 0 Å². The molecule has 0 aliphatic carbocycles. The number of nitrogens with one attached hydrogen (secondary N) is 2. The number of H-pyrrole nitrogens is 1. The molecule has 0 fully saturated rings. The van der Waals surface area contributed by atoms with E-state index >= 15 is 0 Å². The van der Waals surface area contributed by atoms with Crippen molar-refractivity contribution in [2.75, 3.05) is 11.9 Å². The van der Waals surface area contributed by atoms with E-state index < -0.39 is 12.6 Å². The Labute approximate surface area is 163 Å². The van der Waals surface area contributed by atoms with E-state index in [0.29, 0.717) is 18.3 Å². The molecule has 0 saturated heterocycles. The first-order chi connectivity index (χ1) is 13.3. The Morgan fingerprint density at radius 2 is 2.11 bits per heavy atom. The standard InChI is InChI=1S/C21H25F3N4/c1-4-7-16(8-5-6-10-21(22,23)24)13-26-19-12-17(9-11-25-19)18-14-27-28-20(18)15(2)3/h4-9,11-12,14-15H,10,13H2,1-3H3,(H,25,26)(H,27,28)/b6-5-,7-4-,16-8+. The Morgan fingerprint density at radius 3 is 2.79 bits per heavy atom. The molecule has 28 heavy (non-hydrogen) atoms. The van der Waals surface area contributed by atoms with Gasteiger partial charge in [-0.1, -0.05) is 44.2 Å². The molecule has 2 rings (SSSR count). The first-order valence-electron chi connectivity index (χ1n) is 9.09. The molecule has 2 N–H and O–H groups in total. The summed E-state index contributed by atoms with van der Waals surface area (Å²) in [6.07, 6.45) is 6.28. The zero-order valence-corrected chi connectivity index (χ0v) is 16.2. The number of pyridine rings is 1. The molecule has 7 heteroatoms. The van der Waals surface area contributed by atoms with Crippen LogP contribution in [0, 0.1) is 0 Å². The maximum absolute atomic E-state index is 12.2. The van der Waals surface area contributed by atoms with Gasteiger partial charge in [0.2, 0.25) is 0 Å². The van der Waals surface area contributed by atoms with Crippen LogP contribution in [0.3, 0.4) is 0 Å². The monoisotopic (exact) mass is 390 g/mol. The van der Waals surface area contributed by atoms with Crippen molar-refractivity contribution >= 4 is 5.82 Å². The average molecular weight is 390 g/mol. The zero-order chi connectivity index (χ0) is 20.6. The molecule has 0 atom stereocenters. The van der Waals surface area contributed by atoms with Crippen LogP contribution in [-0.2, 0) is 0 Å². The number of aromatic nitrogens is 3. The number of hydrogen-bond donors (Lipinski definition) is 2. The summed E-state index contributed by atoms with van der Waals surface area (Å²) in [5, 5.41) is 10.4. The van der Waals surface area contributed by atoms with Gasteiger partial charge in [-0.15, -0.1) is 0 Å². The highest BCUT2D eigenvalue weighted by Gasteiger charge is 2.24. The van der Waals surface area contributed by atoms with Gasteiger partial charge in [-0.05, 0) is 36.1 Å². The normalized spacial score (nSPS) is 13.2. The highest BCUT2D eigenvalue weighted by Crippen LogP contribution is 2.28. The van der Waals surface area contributed by atoms with Crippen LogP contribution in [0.5, 0.6) is 0 Å². The third kappa shape index (κ3) is 6.72. The van der Waals surface area contributed by atoms with Crippen LogP contribution in [0.1, 0.15) is 38.8 Å². The summed E-state index contributed by atoms with van der Waals surface area (Å²) in [6, 6.07) is 3.86. The lowest BCUT2D eigenvalue weighted by Gasteiger charge is -2.10. The topological polar surface area (TPSA) is 53.6 Å². The van der Waals surface area contributed by atoms with E-state index in [-0.39, 0.29) is 0 Å². The number of aromatic amines is 1. The summed E-state index contributed by atoms with van der Waals surface area (Å²) < 4.78 is 36.7. The van der Waals surface area contributed by atoms with Gasteiger partial charge in [0, 0.05) is 24.0 Å². The molecule has 0 spiro atoms. The van der Waals surface area contributed by atoms with Crippen molar-refractivity contribution in [2.24, 2.45) is 0 Å². The third-order valence-corrected chi connectivity index (χ3v) is 3.97. The Balaban J connectivity index is 2.09. The number of alkyl halides is 3. The van der Waals surface area contributed by atoms with E-state index in [4.69, 9.17) is 0 Å². The van der Waals surface area contributed by atoms with E-state index in [1.54, 1.807) is 18.5 Å². The maximum Gasteiger partial charge on any atom is 0.392 e. The first kappa shape index (κ1) is 21.5. The number of anilines is 1. The largest absolute Gasteiger partial charge is 0.392 e. The Kier molecular flexibility index (Phi) is 7.61. The fraction of sp³-hybridized carbons (Fsp3) is 0.333. The summed E-state index contributed by atoms with van der Waals surface area (Å²) in [5.41, 5.74) is 3.93. The molecular formula is C21H25F3N4. The predicted octanol–water partition coefficient (Wildman–Crippen LogP) is 6.02. The van der Waals surface area contributed by atoms with E-state index in [1.165, 1.54) is 6.08 Å². The van der Waals surface area contributed by atoms with Crippen molar-refractivity contribution in [1.29, 1.82) is 0 Å². The summed E-state index contributed by atoms with van der Waals surface area (Å²) >= 11 is 0. The lowest BCUT2D eigenvalue weighted by molar-refractivity contribution is -0.125. The molecule has 2 aromatic heterocycles. The minimum atomic E-state index is -4.18. The number of halogens is 3. The first-order valence-corrected chi connectivity index (χ1v) is 9.09. The molecule has 0 aromatic carbocycles. The Hall–Kier alpha value is -2.83. The van der Waals surface area contributed by atoms with E-state index in [0.717, 1.165) is 28.5 Å². The average Bonchev–Trinajstić information content (AvgIpc) is 3.13. The van der Waals surface area contributed by atoms with Gasteiger partial charge in [0.25, 0.3) is 0 Å². The smallest absolute Gasteiger partial charge is 0.366 e. The van der Waals surface area contributed by atoms with Gasteiger partial charge in [0.15, 0.2) is 0 Å². The molecule has 2 heterocycles. The molecular weight excluding hydrogens is 365 g/mol. The fourth-order valence-corrected chi connectivity index (χ4v) is 2.63. The fourth-order valence-electron chi connectivity index (χ4n) is 2.63. The van der Waals surface area contributed by atoms with Gasteiger partial charge in [0.05, 0.1) is 12.6 Å². The molecule has 0 saturated carbocycles. The molecule has 150 valence electrons. The van der Waals surface area contributed by atoms with Crippen LogP contribution < -0.4 is 5.32 Å². The zero-order valence-electron chi connectivity index (χ0n) is 16.2. The number of rotatable bonds is 8. The summed E-state index contributed by atoms with van der Waals surface area (Å²) in [7, 11) is 0. The van der Waals surface area contributed by atoms with Crippen LogP contribution >= 0.6 is 0 Å². The van der Waals surface area contributed by atoms with E-state index in [9.17, 15) is 13.2 Å². The van der Waals surface area contributed by atoms with Gasteiger partial charge in [-0.2, -0.15) is 18.3 Å². The van der Waals surface area contributed by atoms with Gasteiger partial charge >= 0.3 is 6.18 Å². The second kappa shape index (κ2) is 9.92. The molecule has 0 bridgehead atoms. The Morgan fingerprint density at radius 1 is 1.32 bits per heavy atom. The number of allylic oxidation sites excluding steroid dienone is 4. The van der Waals surface area contributed by atoms with Crippen LogP contribution in [0.25, 0.3) is 11.1 Å². The molecule has 0 aliphatic rings. The van der Waals surface area contributed by atoms with Gasteiger partial charge in [-0.3, -0.25) is 5.10 Å². The predicted molar refractivity (Wildman–Crippen MR) is 107 cm³/mol. The molecule has 0 radical (unpaired) electrons. The number of nitrogens with zero attached hydrogens (tertiary/aromatic N) is 2. The molecule has 0 aliphatic heterocycles. The van der Waals surface area contributed by atoms with Crippen LogP contribution in [0.2, 0.25) is 0 Å². The van der Waals surface area contributed by atoms with Gasteiger partial charge in [0.1, 0.15) is 5.82 Å². The summed E-state index contributed by atoms with van der Waals surface area (Å²) in [6.45, 7) is 6.49. The van der Waals surface area contributed by atoms with Crippen molar-refractivity contribution in [3.05, 3.63) is 66.2 Å². The minimum absolute atomic E-state index is 0.315.